The number of nitrogens with zero attached hydrogens (tertiary/aromatic N) is 2. The van der Waals surface area contributed by atoms with Crippen molar-refractivity contribution in [3.8, 4) is 17.1 Å². The van der Waals surface area contributed by atoms with Crippen LogP contribution in [0.4, 0.5) is 0 Å². The number of para-hydroxylation sites is 1. The average molecular weight is 255 g/mol. The zero-order chi connectivity index (χ0) is 13.1. The molecule has 19 heavy (non-hydrogen) atoms. The summed E-state index contributed by atoms with van der Waals surface area (Å²) in [7, 11) is 0. The van der Waals surface area contributed by atoms with Crippen molar-refractivity contribution in [2.45, 2.75) is 0 Å². The standard InChI is InChI=1S/C14H13N3O2/c18-7-8-19-13-4-2-1-3-10(13)14-16-11-5-6-15-9-12(11)17-14/h1-6,9,18H,7-8H2,(H,16,17). The van der Waals surface area contributed by atoms with E-state index in [0.717, 1.165) is 22.4 Å². The maximum absolute atomic E-state index is 8.85. The predicted octanol–water partition coefficient (Wildman–Crippen LogP) is 2.00. The molecule has 0 bridgehead atoms. The Labute approximate surface area is 109 Å². The number of pyridine rings is 1. The Morgan fingerprint density at radius 2 is 2.11 bits per heavy atom. The van der Waals surface area contributed by atoms with Crippen molar-refractivity contribution in [2.24, 2.45) is 0 Å². The first-order valence-corrected chi connectivity index (χ1v) is 6.01. The van der Waals surface area contributed by atoms with Gasteiger partial charge >= 0.3 is 0 Å². The molecule has 5 nitrogen and oxygen atoms in total. The van der Waals surface area contributed by atoms with Crippen LogP contribution in [0, 0.1) is 0 Å². The molecule has 0 saturated carbocycles. The van der Waals surface area contributed by atoms with Crippen LogP contribution in [0.2, 0.25) is 0 Å². The number of aliphatic hydroxyl groups excluding tert-OH is 1. The molecule has 0 spiro atoms. The van der Waals surface area contributed by atoms with Gasteiger partial charge in [-0.15, -0.1) is 0 Å². The Morgan fingerprint density at radius 3 is 2.95 bits per heavy atom. The van der Waals surface area contributed by atoms with E-state index < -0.39 is 0 Å². The van der Waals surface area contributed by atoms with Crippen molar-refractivity contribution in [2.75, 3.05) is 13.2 Å². The summed E-state index contributed by atoms with van der Waals surface area (Å²) < 4.78 is 5.51. The highest BCUT2D eigenvalue weighted by molar-refractivity contribution is 5.79. The van der Waals surface area contributed by atoms with Gasteiger partial charge in [0, 0.05) is 6.20 Å². The number of ether oxygens (including phenoxy) is 1. The van der Waals surface area contributed by atoms with Crippen molar-refractivity contribution in [3.63, 3.8) is 0 Å². The van der Waals surface area contributed by atoms with E-state index in [0.29, 0.717) is 5.75 Å². The monoisotopic (exact) mass is 255 g/mol. The van der Waals surface area contributed by atoms with Crippen LogP contribution >= 0.6 is 0 Å². The van der Waals surface area contributed by atoms with E-state index in [9.17, 15) is 0 Å². The number of rotatable bonds is 4. The molecule has 3 aromatic rings. The molecule has 0 amide bonds. The highest BCUT2D eigenvalue weighted by Gasteiger charge is 2.10. The molecule has 0 saturated heterocycles. The van der Waals surface area contributed by atoms with Crippen LogP contribution in [0.5, 0.6) is 5.75 Å². The van der Waals surface area contributed by atoms with Crippen LogP contribution in [-0.2, 0) is 0 Å². The molecule has 0 fully saturated rings. The van der Waals surface area contributed by atoms with Gasteiger partial charge in [-0.25, -0.2) is 4.98 Å². The Kier molecular flexibility index (Phi) is 3.12. The van der Waals surface area contributed by atoms with Crippen LogP contribution in [0.3, 0.4) is 0 Å². The summed E-state index contributed by atoms with van der Waals surface area (Å²) >= 11 is 0. The lowest BCUT2D eigenvalue weighted by molar-refractivity contribution is 0.202. The Morgan fingerprint density at radius 1 is 1.21 bits per heavy atom. The van der Waals surface area contributed by atoms with Crippen molar-refractivity contribution < 1.29 is 9.84 Å². The molecule has 2 N–H and O–H groups in total. The normalized spacial score (nSPS) is 10.8. The first kappa shape index (κ1) is 11.7. The molecule has 0 atom stereocenters. The second-order valence-corrected chi connectivity index (χ2v) is 4.05. The van der Waals surface area contributed by atoms with Crippen molar-refractivity contribution in [3.05, 3.63) is 42.7 Å². The van der Waals surface area contributed by atoms with Gasteiger partial charge in [0.1, 0.15) is 23.7 Å². The van der Waals surface area contributed by atoms with Crippen LogP contribution in [0.15, 0.2) is 42.7 Å². The number of hydrogen-bond acceptors (Lipinski definition) is 4. The second-order valence-electron chi connectivity index (χ2n) is 4.05. The van der Waals surface area contributed by atoms with E-state index in [4.69, 9.17) is 9.84 Å². The maximum atomic E-state index is 8.85. The zero-order valence-electron chi connectivity index (χ0n) is 10.2. The number of benzene rings is 1. The Bertz CT molecular complexity index is 661. The number of imidazole rings is 1. The Balaban J connectivity index is 2.05. The van der Waals surface area contributed by atoms with Crippen molar-refractivity contribution in [1.82, 2.24) is 15.0 Å². The minimum Gasteiger partial charge on any atom is -0.490 e. The van der Waals surface area contributed by atoms with Crippen LogP contribution < -0.4 is 4.74 Å². The van der Waals surface area contributed by atoms with Crippen LogP contribution in [-0.4, -0.2) is 33.3 Å². The first-order chi connectivity index (χ1) is 9.38. The van der Waals surface area contributed by atoms with E-state index in [1.807, 2.05) is 30.3 Å². The lowest BCUT2D eigenvalue weighted by atomic mass is 10.2. The third-order valence-electron chi connectivity index (χ3n) is 2.78. The summed E-state index contributed by atoms with van der Waals surface area (Å²) in [5.74, 6) is 1.43. The minimum atomic E-state index is -0.0155. The SMILES string of the molecule is OCCOc1ccccc1-c1nc2cnccc2[nH]1. The molecule has 2 heterocycles. The molecule has 0 aliphatic rings. The molecule has 5 heteroatoms. The molecule has 3 rings (SSSR count). The molecule has 0 aliphatic carbocycles. The van der Waals surface area contributed by atoms with E-state index in [1.54, 1.807) is 12.4 Å². The summed E-state index contributed by atoms with van der Waals surface area (Å²) in [5.41, 5.74) is 2.61. The summed E-state index contributed by atoms with van der Waals surface area (Å²) in [5, 5.41) is 8.85. The summed E-state index contributed by atoms with van der Waals surface area (Å²) in [6.07, 6.45) is 3.44. The van der Waals surface area contributed by atoms with Gasteiger partial charge in [0.15, 0.2) is 0 Å². The molecule has 2 aromatic heterocycles. The first-order valence-electron chi connectivity index (χ1n) is 6.01. The number of nitrogens with one attached hydrogen (secondary N) is 1. The lowest BCUT2D eigenvalue weighted by Gasteiger charge is -2.08. The van der Waals surface area contributed by atoms with Gasteiger partial charge < -0.3 is 14.8 Å². The third-order valence-corrected chi connectivity index (χ3v) is 2.78. The fourth-order valence-electron chi connectivity index (χ4n) is 1.93. The topological polar surface area (TPSA) is 71.0 Å². The van der Waals surface area contributed by atoms with Crippen LogP contribution in [0.1, 0.15) is 0 Å². The van der Waals surface area contributed by atoms with Gasteiger partial charge in [-0.2, -0.15) is 0 Å². The van der Waals surface area contributed by atoms with E-state index in [-0.39, 0.29) is 13.2 Å². The Hall–Kier alpha value is -2.40. The van der Waals surface area contributed by atoms with Gasteiger partial charge in [0.25, 0.3) is 0 Å². The van der Waals surface area contributed by atoms with Gasteiger partial charge in [0.2, 0.25) is 0 Å². The number of hydrogen-bond donors (Lipinski definition) is 2. The largest absolute Gasteiger partial charge is 0.490 e. The van der Waals surface area contributed by atoms with E-state index in [1.165, 1.54) is 0 Å². The van der Waals surface area contributed by atoms with Gasteiger partial charge in [0.05, 0.1) is 23.9 Å². The van der Waals surface area contributed by atoms with Gasteiger partial charge in [-0.3, -0.25) is 4.98 Å². The molecule has 1 aromatic carbocycles. The zero-order valence-corrected chi connectivity index (χ0v) is 10.2. The van der Waals surface area contributed by atoms with Crippen molar-refractivity contribution in [1.29, 1.82) is 0 Å². The number of H-pyrrole nitrogens is 1. The van der Waals surface area contributed by atoms with Gasteiger partial charge in [-0.1, -0.05) is 12.1 Å². The minimum absolute atomic E-state index is 0.0155. The van der Waals surface area contributed by atoms with Crippen molar-refractivity contribution >= 4 is 11.0 Å². The number of aromatic nitrogens is 3. The maximum Gasteiger partial charge on any atom is 0.142 e. The quantitative estimate of drug-likeness (QED) is 0.748. The summed E-state index contributed by atoms with van der Waals surface area (Å²) in [4.78, 5) is 11.8. The molecular weight excluding hydrogens is 242 g/mol. The molecule has 96 valence electrons. The van der Waals surface area contributed by atoms with Crippen LogP contribution in [0.25, 0.3) is 22.4 Å². The lowest BCUT2D eigenvalue weighted by Crippen LogP contribution is -2.02. The number of aromatic amines is 1. The third kappa shape index (κ3) is 2.28. The number of aliphatic hydroxyl groups is 1. The summed E-state index contributed by atoms with van der Waals surface area (Å²) in [6.45, 7) is 0.247. The van der Waals surface area contributed by atoms with Gasteiger partial charge in [-0.05, 0) is 18.2 Å². The second kappa shape index (κ2) is 5.07. The molecule has 0 unspecified atom stereocenters. The predicted molar refractivity (Wildman–Crippen MR) is 71.9 cm³/mol. The highest BCUT2D eigenvalue weighted by Crippen LogP contribution is 2.28. The molecule has 0 aliphatic heterocycles. The fourth-order valence-corrected chi connectivity index (χ4v) is 1.93. The molecular formula is C14H13N3O2. The average Bonchev–Trinajstić information content (AvgIpc) is 2.89. The smallest absolute Gasteiger partial charge is 0.142 e. The fraction of sp³-hybridized carbons (Fsp3) is 0.143. The highest BCUT2D eigenvalue weighted by atomic mass is 16.5. The number of fused-ring (bicyclic) bond motifs is 1. The summed E-state index contributed by atoms with van der Waals surface area (Å²) in [6, 6.07) is 9.48. The van der Waals surface area contributed by atoms with E-state index >= 15 is 0 Å². The molecule has 0 radical (unpaired) electrons. The van der Waals surface area contributed by atoms with E-state index in [2.05, 4.69) is 15.0 Å².